The van der Waals surface area contributed by atoms with E-state index >= 15 is 0 Å². The SMILES string of the molecule is CCn1c2ccccc2c2cc(-c3nc4cc(C(=O)NS(=O)(=O)c5cccc(Cl)c5)ccc4n3CCOC)ccc21. The molecule has 6 rings (SSSR count). The number of fused-ring (bicyclic) bond motifs is 4. The smallest absolute Gasteiger partial charge is 0.265 e. The number of ether oxygens (including phenoxy) is 1. The fraction of sp³-hybridized carbons (Fsp3) is 0.161. The molecule has 0 saturated heterocycles. The van der Waals surface area contributed by atoms with Crippen molar-refractivity contribution in [1.82, 2.24) is 18.8 Å². The summed E-state index contributed by atoms with van der Waals surface area (Å²) in [6, 6.07) is 25.4. The zero-order chi connectivity index (χ0) is 28.7. The fourth-order valence-electron chi connectivity index (χ4n) is 5.31. The van der Waals surface area contributed by atoms with Gasteiger partial charge in [0.1, 0.15) is 5.82 Å². The van der Waals surface area contributed by atoms with E-state index in [1.807, 2.05) is 12.1 Å². The molecule has 4 aromatic carbocycles. The maximum Gasteiger partial charge on any atom is 0.265 e. The third-order valence-electron chi connectivity index (χ3n) is 7.21. The van der Waals surface area contributed by atoms with Gasteiger partial charge in [-0.25, -0.2) is 18.1 Å². The summed E-state index contributed by atoms with van der Waals surface area (Å²) in [7, 11) is -2.46. The van der Waals surface area contributed by atoms with Gasteiger partial charge in [0.2, 0.25) is 0 Å². The molecular weight excluding hydrogens is 560 g/mol. The predicted molar refractivity (Wildman–Crippen MR) is 162 cm³/mol. The molecule has 6 aromatic rings. The van der Waals surface area contributed by atoms with Gasteiger partial charge in [0, 0.05) is 58.2 Å². The molecule has 41 heavy (non-hydrogen) atoms. The Morgan fingerprint density at radius 1 is 0.902 bits per heavy atom. The van der Waals surface area contributed by atoms with Crippen molar-refractivity contribution in [3.05, 3.63) is 95.5 Å². The monoisotopic (exact) mass is 586 g/mol. The van der Waals surface area contributed by atoms with Gasteiger partial charge in [-0.3, -0.25) is 4.79 Å². The van der Waals surface area contributed by atoms with Crippen molar-refractivity contribution in [2.24, 2.45) is 0 Å². The van der Waals surface area contributed by atoms with Gasteiger partial charge in [0.15, 0.2) is 0 Å². The van der Waals surface area contributed by atoms with Gasteiger partial charge >= 0.3 is 0 Å². The average Bonchev–Trinajstić information content (AvgIpc) is 3.50. The number of imidazole rings is 1. The number of hydrogen-bond donors (Lipinski definition) is 1. The highest BCUT2D eigenvalue weighted by atomic mass is 35.5. The van der Waals surface area contributed by atoms with Crippen LogP contribution in [0.4, 0.5) is 0 Å². The first-order chi connectivity index (χ1) is 19.8. The highest BCUT2D eigenvalue weighted by Gasteiger charge is 2.21. The van der Waals surface area contributed by atoms with E-state index in [4.69, 9.17) is 21.3 Å². The van der Waals surface area contributed by atoms with Crippen LogP contribution in [-0.2, 0) is 27.8 Å². The highest BCUT2D eigenvalue weighted by molar-refractivity contribution is 7.90. The minimum atomic E-state index is -4.11. The second kappa shape index (κ2) is 10.7. The van der Waals surface area contributed by atoms with Crippen molar-refractivity contribution in [3.8, 4) is 11.4 Å². The lowest BCUT2D eigenvalue weighted by Gasteiger charge is -2.10. The molecule has 2 aromatic heterocycles. The van der Waals surface area contributed by atoms with E-state index in [9.17, 15) is 13.2 Å². The minimum absolute atomic E-state index is 0.0922. The Morgan fingerprint density at radius 2 is 1.68 bits per heavy atom. The summed E-state index contributed by atoms with van der Waals surface area (Å²) in [6.07, 6.45) is 0. The maximum atomic E-state index is 13.0. The summed E-state index contributed by atoms with van der Waals surface area (Å²) in [5.41, 5.74) is 4.81. The number of aryl methyl sites for hydroxylation is 1. The summed E-state index contributed by atoms with van der Waals surface area (Å²) >= 11 is 5.95. The molecular formula is C31H27ClN4O4S. The third kappa shape index (κ3) is 4.86. The molecule has 0 aliphatic rings. The van der Waals surface area contributed by atoms with Crippen molar-refractivity contribution >= 4 is 60.4 Å². The van der Waals surface area contributed by atoms with E-state index in [2.05, 4.69) is 51.1 Å². The third-order valence-corrected chi connectivity index (χ3v) is 8.77. The Labute approximate surface area is 242 Å². The second-order valence-corrected chi connectivity index (χ2v) is 11.8. The van der Waals surface area contributed by atoms with Gasteiger partial charge < -0.3 is 13.9 Å². The largest absolute Gasteiger partial charge is 0.383 e. The molecule has 0 spiro atoms. The second-order valence-electron chi connectivity index (χ2n) is 9.67. The van der Waals surface area contributed by atoms with E-state index < -0.39 is 15.9 Å². The molecule has 0 unspecified atom stereocenters. The number of para-hydroxylation sites is 1. The van der Waals surface area contributed by atoms with Crippen molar-refractivity contribution in [1.29, 1.82) is 0 Å². The molecule has 8 nitrogen and oxygen atoms in total. The minimum Gasteiger partial charge on any atom is -0.383 e. The molecule has 0 radical (unpaired) electrons. The van der Waals surface area contributed by atoms with Crippen LogP contribution in [0.1, 0.15) is 17.3 Å². The van der Waals surface area contributed by atoms with Crippen LogP contribution >= 0.6 is 11.6 Å². The number of benzene rings is 4. The molecule has 0 bridgehead atoms. The van der Waals surface area contributed by atoms with Gasteiger partial charge in [-0.05, 0) is 67.6 Å². The Morgan fingerprint density at radius 3 is 2.46 bits per heavy atom. The number of hydrogen-bond acceptors (Lipinski definition) is 5. The fourth-order valence-corrected chi connectivity index (χ4v) is 6.58. The molecule has 208 valence electrons. The van der Waals surface area contributed by atoms with Gasteiger partial charge in [0.05, 0.1) is 22.5 Å². The quantitative estimate of drug-likeness (QED) is 0.227. The normalized spacial score (nSPS) is 12.0. The van der Waals surface area contributed by atoms with Crippen molar-refractivity contribution in [3.63, 3.8) is 0 Å². The van der Waals surface area contributed by atoms with Crippen LogP contribution in [-0.4, -0.2) is 42.2 Å². The van der Waals surface area contributed by atoms with Crippen molar-refractivity contribution < 1.29 is 17.9 Å². The number of halogens is 1. The molecule has 0 aliphatic carbocycles. The number of aromatic nitrogens is 3. The lowest BCUT2D eigenvalue weighted by molar-refractivity contribution is 0.0981. The van der Waals surface area contributed by atoms with Gasteiger partial charge in [-0.1, -0.05) is 35.9 Å². The summed E-state index contributed by atoms with van der Waals surface area (Å²) in [5, 5.41) is 2.57. The van der Waals surface area contributed by atoms with Crippen LogP contribution < -0.4 is 4.72 Å². The number of carbonyl (C=O) groups is 1. The average molecular weight is 587 g/mol. The van der Waals surface area contributed by atoms with E-state index in [1.54, 1.807) is 31.4 Å². The summed E-state index contributed by atoms with van der Waals surface area (Å²) in [5.74, 6) is -0.0231. The van der Waals surface area contributed by atoms with Gasteiger partial charge in [0.25, 0.3) is 15.9 Å². The summed E-state index contributed by atoms with van der Waals surface area (Å²) in [4.78, 5) is 17.8. The van der Waals surface area contributed by atoms with Crippen molar-refractivity contribution in [2.75, 3.05) is 13.7 Å². The van der Waals surface area contributed by atoms with Gasteiger partial charge in [-0.15, -0.1) is 0 Å². The molecule has 0 atom stereocenters. The molecule has 0 saturated carbocycles. The molecule has 1 amide bonds. The number of carbonyl (C=O) groups excluding carboxylic acids is 1. The van der Waals surface area contributed by atoms with Gasteiger partial charge in [-0.2, -0.15) is 0 Å². The zero-order valence-corrected chi connectivity index (χ0v) is 24.0. The van der Waals surface area contributed by atoms with Crippen LogP contribution in [0.3, 0.4) is 0 Å². The van der Waals surface area contributed by atoms with Crippen LogP contribution in [0.2, 0.25) is 5.02 Å². The number of amides is 1. The summed E-state index contributed by atoms with van der Waals surface area (Å²) in [6.45, 7) is 4.01. The molecule has 2 heterocycles. The lowest BCUT2D eigenvalue weighted by atomic mass is 10.1. The van der Waals surface area contributed by atoms with E-state index in [-0.39, 0.29) is 15.5 Å². The molecule has 0 fully saturated rings. The van der Waals surface area contributed by atoms with E-state index in [0.29, 0.717) is 18.7 Å². The van der Waals surface area contributed by atoms with E-state index in [0.717, 1.165) is 34.4 Å². The number of nitrogens with zero attached hydrogens (tertiary/aromatic N) is 3. The zero-order valence-electron chi connectivity index (χ0n) is 22.5. The van der Waals surface area contributed by atoms with Crippen LogP contribution in [0.5, 0.6) is 0 Å². The first-order valence-electron chi connectivity index (χ1n) is 13.1. The van der Waals surface area contributed by atoms with Crippen LogP contribution in [0.15, 0.2) is 89.8 Å². The maximum absolute atomic E-state index is 13.0. The summed E-state index contributed by atoms with van der Waals surface area (Å²) < 4.78 is 37.4. The number of sulfonamides is 1. The molecule has 0 aliphatic heterocycles. The topological polar surface area (TPSA) is 95.2 Å². The predicted octanol–water partition coefficient (Wildman–Crippen LogP) is 6.25. The number of methoxy groups -OCH3 is 1. The van der Waals surface area contributed by atoms with Crippen LogP contribution in [0.25, 0.3) is 44.2 Å². The first kappa shape index (κ1) is 27.0. The Hall–Kier alpha value is -4.18. The molecule has 1 N–H and O–H groups in total. The standard InChI is InChI=1S/C31H27ClN4O4S/c1-3-35-27-10-5-4-9-24(27)25-17-20(11-13-28(25)35)30-33-26-18-21(12-14-29(26)36(30)15-16-40-2)31(37)34-41(38,39)23-8-6-7-22(32)19-23/h4-14,17-19H,3,15-16H2,1-2H3,(H,34,37). The Kier molecular flexibility index (Phi) is 7.03. The highest BCUT2D eigenvalue weighted by Crippen LogP contribution is 2.34. The van der Waals surface area contributed by atoms with E-state index in [1.165, 1.54) is 29.1 Å². The Balaban J connectivity index is 1.42. The number of nitrogens with one attached hydrogen (secondary N) is 1. The lowest BCUT2D eigenvalue weighted by Crippen LogP contribution is -2.30. The first-order valence-corrected chi connectivity index (χ1v) is 15.0. The Bertz CT molecular complexity index is 2060. The van der Waals surface area contributed by atoms with Crippen molar-refractivity contribution in [2.45, 2.75) is 24.9 Å². The van der Waals surface area contributed by atoms with Crippen LogP contribution in [0, 0.1) is 0 Å². The molecule has 10 heteroatoms. The number of rotatable bonds is 8.